The van der Waals surface area contributed by atoms with E-state index in [0.717, 1.165) is 16.6 Å². The van der Waals surface area contributed by atoms with Crippen molar-refractivity contribution in [3.63, 3.8) is 0 Å². The Balaban J connectivity index is 1.94. The summed E-state index contributed by atoms with van der Waals surface area (Å²) in [5, 5.41) is 0.829. The molecule has 21 heavy (non-hydrogen) atoms. The summed E-state index contributed by atoms with van der Waals surface area (Å²) in [5.41, 5.74) is 9.02. The highest BCUT2D eigenvalue weighted by atomic mass is 16.3. The van der Waals surface area contributed by atoms with Crippen LogP contribution in [0.1, 0.15) is 16.1 Å². The Morgan fingerprint density at radius 1 is 1.10 bits per heavy atom. The molecule has 0 aliphatic carbocycles. The fourth-order valence-corrected chi connectivity index (χ4v) is 2.22. The lowest BCUT2D eigenvalue weighted by molar-refractivity contribution is 0.0968. The van der Waals surface area contributed by atoms with Gasteiger partial charge < -0.3 is 15.1 Å². The van der Waals surface area contributed by atoms with E-state index in [-0.39, 0.29) is 5.91 Å². The van der Waals surface area contributed by atoms with Crippen LogP contribution in [0.3, 0.4) is 0 Å². The second-order valence-electron chi connectivity index (χ2n) is 5.11. The van der Waals surface area contributed by atoms with Gasteiger partial charge in [-0.05, 0) is 43.3 Å². The largest absolute Gasteiger partial charge is 0.451 e. The Kier molecular flexibility index (Phi) is 3.14. The van der Waals surface area contributed by atoms with Crippen molar-refractivity contribution in [2.45, 2.75) is 6.92 Å². The lowest BCUT2D eigenvalue weighted by atomic mass is 10.2. The molecule has 1 heterocycles. The van der Waals surface area contributed by atoms with Crippen LogP contribution < -0.4 is 10.6 Å². The smallest absolute Gasteiger partial charge is 0.293 e. The van der Waals surface area contributed by atoms with Gasteiger partial charge >= 0.3 is 0 Å². The quantitative estimate of drug-likeness (QED) is 0.730. The van der Waals surface area contributed by atoms with Gasteiger partial charge in [0.05, 0.1) is 0 Å². The molecule has 4 heteroatoms. The lowest BCUT2D eigenvalue weighted by Gasteiger charge is -2.15. The first-order valence-electron chi connectivity index (χ1n) is 6.68. The molecule has 3 rings (SSSR count). The molecular formula is C17H16N2O2. The van der Waals surface area contributed by atoms with Crippen molar-refractivity contribution >= 4 is 28.3 Å². The summed E-state index contributed by atoms with van der Waals surface area (Å²) in [4.78, 5) is 14.1. The number of carbonyl (C=O) groups excluding carboxylic acids is 1. The van der Waals surface area contributed by atoms with Gasteiger partial charge in [0.2, 0.25) is 0 Å². The third-order valence-electron chi connectivity index (χ3n) is 3.48. The normalized spacial score (nSPS) is 10.8. The molecule has 4 nitrogen and oxygen atoms in total. The molecule has 0 unspecified atom stereocenters. The van der Waals surface area contributed by atoms with Crippen molar-refractivity contribution in [3.8, 4) is 0 Å². The third kappa shape index (κ3) is 2.48. The minimum absolute atomic E-state index is 0.186. The van der Waals surface area contributed by atoms with E-state index in [1.807, 2.05) is 31.2 Å². The van der Waals surface area contributed by atoms with Gasteiger partial charge in [-0.25, -0.2) is 0 Å². The number of nitrogens with two attached hydrogens (primary N) is 1. The number of amides is 1. The Morgan fingerprint density at radius 3 is 2.52 bits per heavy atom. The fourth-order valence-electron chi connectivity index (χ4n) is 2.22. The zero-order valence-electron chi connectivity index (χ0n) is 12.0. The van der Waals surface area contributed by atoms with Crippen molar-refractivity contribution < 1.29 is 9.21 Å². The van der Waals surface area contributed by atoms with E-state index >= 15 is 0 Å². The van der Waals surface area contributed by atoms with Gasteiger partial charge in [-0.3, -0.25) is 4.79 Å². The van der Waals surface area contributed by atoms with E-state index in [0.29, 0.717) is 17.0 Å². The van der Waals surface area contributed by atoms with Crippen LogP contribution in [-0.4, -0.2) is 13.0 Å². The number of carbonyl (C=O) groups is 1. The van der Waals surface area contributed by atoms with Gasteiger partial charge in [0.1, 0.15) is 5.58 Å². The van der Waals surface area contributed by atoms with Crippen LogP contribution in [-0.2, 0) is 0 Å². The summed E-state index contributed by atoms with van der Waals surface area (Å²) in [6, 6.07) is 14.8. The first-order valence-corrected chi connectivity index (χ1v) is 6.68. The van der Waals surface area contributed by atoms with Crippen molar-refractivity contribution in [2.75, 3.05) is 17.7 Å². The van der Waals surface area contributed by atoms with Crippen molar-refractivity contribution in [1.29, 1.82) is 0 Å². The van der Waals surface area contributed by atoms with E-state index in [2.05, 4.69) is 0 Å². The highest BCUT2D eigenvalue weighted by Crippen LogP contribution is 2.24. The molecular weight excluding hydrogens is 264 g/mol. The number of hydrogen-bond donors (Lipinski definition) is 1. The van der Waals surface area contributed by atoms with Crippen molar-refractivity contribution in [1.82, 2.24) is 0 Å². The van der Waals surface area contributed by atoms with Crippen LogP contribution in [0.15, 0.2) is 52.9 Å². The van der Waals surface area contributed by atoms with Crippen LogP contribution in [0.25, 0.3) is 11.0 Å². The average Bonchev–Trinajstić information content (AvgIpc) is 2.89. The van der Waals surface area contributed by atoms with E-state index in [1.54, 1.807) is 36.2 Å². The zero-order valence-corrected chi connectivity index (χ0v) is 12.0. The second-order valence-corrected chi connectivity index (χ2v) is 5.11. The number of furan rings is 1. The Morgan fingerprint density at radius 2 is 1.81 bits per heavy atom. The summed E-state index contributed by atoms with van der Waals surface area (Å²) >= 11 is 0. The zero-order chi connectivity index (χ0) is 15.0. The lowest BCUT2D eigenvalue weighted by Crippen LogP contribution is -2.25. The summed E-state index contributed by atoms with van der Waals surface area (Å²) < 4.78 is 5.60. The van der Waals surface area contributed by atoms with Gasteiger partial charge in [0.15, 0.2) is 5.76 Å². The minimum atomic E-state index is -0.186. The predicted octanol–water partition coefficient (Wildman–Crippen LogP) is 3.60. The average molecular weight is 280 g/mol. The van der Waals surface area contributed by atoms with Gasteiger partial charge in [-0.15, -0.1) is 0 Å². The number of aryl methyl sites for hydroxylation is 1. The standard InChI is InChI=1S/C17H16N2O2/c1-11-3-6-14(7-4-11)19(2)17(20)16-10-12-9-13(18)5-8-15(12)21-16/h3-10H,18H2,1-2H3. The van der Waals surface area contributed by atoms with Gasteiger partial charge in [0.25, 0.3) is 5.91 Å². The van der Waals surface area contributed by atoms with E-state index in [9.17, 15) is 4.79 Å². The van der Waals surface area contributed by atoms with Gasteiger partial charge in [0, 0.05) is 23.8 Å². The third-order valence-corrected chi connectivity index (χ3v) is 3.48. The molecule has 3 aromatic rings. The van der Waals surface area contributed by atoms with E-state index in [1.165, 1.54) is 0 Å². The summed E-state index contributed by atoms with van der Waals surface area (Å²) in [5.74, 6) is 0.118. The second kappa shape index (κ2) is 4.98. The van der Waals surface area contributed by atoms with E-state index in [4.69, 9.17) is 10.2 Å². The van der Waals surface area contributed by atoms with Crippen LogP contribution in [0.2, 0.25) is 0 Å². The maximum absolute atomic E-state index is 12.5. The number of benzene rings is 2. The maximum atomic E-state index is 12.5. The van der Waals surface area contributed by atoms with Crippen LogP contribution in [0.4, 0.5) is 11.4 Å². The molecule has 0 bridgehead atoms. The molecule has 1 amide bonds. The van der Waals surface area contributed by atoms with Crippen LogP contribution in [0, 0.1) is 6.92 Å². The number of nitrogens with zero attached hydrogens (tertiary/aromatic N) is 1. The highest BCUT2D eigenvalue weighted by Gasteiger charge is 2.18. The Hall–Kier alpha value is -2.75. The van der Waals surface area contributed by atoms with Crippen LogP contribution in [0.5, 0.6) is 0 Å². The molecule has 0 radical (unpaired) electrons. The first-order chi connectivity index (χ1) is 10.0. The Labute approximate surface area is 122 Å². The van der Waals surface area contributed by atoms with Gasteiger partial charge in [-0.1, -0.05) is 17.7 Å². The number of rotatable bonds is 2. The predicted molar refractivity (Wildman–Crippen MR) is 84.5 cm³/mol. The number of anilines is 2. The monoisotopic (exact) mass is 280 g/mol. The fraction of sp³-hybridized carbons (Fsp3) is 0.118. The number of hydrogen-bond acceptors (Lipinski definition) is 3. The SMILES string of the molecule is Cc1ccc(N(C)C(=O)c2cc3cc(N)ccc3o2)cc1. The minimum Gasteiger partial charge on any atom is -0.451 e. The molecule has 0 aliphatic heterocycles. The molecule has 2 aromatic carbocycles. The summed E-state index contributed by atoms with van der Waals surface area (Å²) in [6.07, 6.45) is 0. The molecule has 0 fully saturated rings. The molecule has 0 spiro atoms. The number of nitrogen functional groups attached to an aromatic ring is 1. The topological polar surface area (TPSA) is 59.5 Å². The highest BCUT2D eigenvalue weighted by molar-refractivity contribution is 6.06. The molecule has 0 aliphatic rings. The molecule has 2 N–H and O–H groups in total. The van der Waals surface area contributed by atoms with Crippen LogP contribution >= 0.6 is 0 Å². The van der Waals surface area contributed by atoms with Crippen molar-refractivity contribution in [3.05, 3.63) is 59.9 Å². The molecule has 0 saturated heterocycles. The Bertz CT molecular complexity index is 803. The summed E-state index contributed by atoms with van der Waals surface area (Å²) in [6.45, 7) is 2.01. The summed E-state index contributed by atoms with van der Waals surface area (Å²) in [7, 11) is 1.73. The van der Waals surface area contributed by atoms with E-state index < -0.39 is 0 Å². The first kappa shape index (κ1) is 13.2. The molecule has 0 saturated carbocycles. The van der Waals surface area contributed by atoms with Crippen molar-refractivity contribution in [2.24, 2.45) is 0 Å². The molecule has 1 aromatic heterocycles. The van der Waals surface area contributed by atoms with Gasteiger partial charge in [-0.2, -0.15) is 0 Å². The maximum Gasteiger partial charge on any atom is 0.293 e. The number of fused-ring (bicyclic) bond motifs is 1. The molecule has 106 valence electrons. The molecule has 0 atom stereocenters.